The number of nitrogens with two attached hydrogens (primary N) is 1. The average molecular weight is 280 g/mol. The number of hydrogen-bond acceptors (Lipinski definition) is 5. The highest BCUT2D eigenvalue weighted by Crippen LogP contribution is 2.18. The third kappa shape index (κ3) is 5.48. The number of anilines is 2. The number of carbonyl (C=O) groups excluding carboxylic acids is 1. The molecule has 0 aliphatic heterocycles. The predicted molar refractivity (Wildman–Crippen MR) is 81.0 cm³/mol. The van der Waals surface area contributed by atoms with Crippen molar-refractivity contribution in [2.45, 2.75) is 26.2 Å². The van der Waals surface area contributed by atoms with Crippen LogP contribution >= 0.6 is 0 Å². The normalized spacial score (nSPS) is 10.3. The highest BCUT2D eigenvalue weighted by atomic mass is 16.5. The van der Waals surface area contributed by atoms with E-state index in [1.54, 1.807) is 12.1 Å². The molecule has 5 heteroatoms. The summed E-state index contributed by atoms with van der Waals surface area (Å²) in [6, 6.07) is 5.26. The minimum atomic E-state index is -0.422. The minimum Gasteiger partial charge on any atom is -0.465 e. The van der Waals surface area contributed by atoms with Crippen molar-refractivity contribution >= 4 is 17.3 Å². The molecule has 112 valence electrons. The standard InChI is InChI=1S/C15H24N2O3/c1-3-4-9-20-10-5-8-17-12-6-7-14(16)13(11-12)15(18)19-2/h6-7,11,17H,3-5,8-10,16H2,1-2H3. The zero-order valence-corrected chi connectivity index (χ0v) is 12.3. The van der Waals surface area contributed by atoms with Crippen LogP contribution in [0.2, 0.25) is 0 Å². The summed E-state index contributed by atoms with van der Waals surface area (Å²) < 4.78 is 10.2. The fourth-order valence-electron chi connectivity index (χ4n) is 1.71. The third-order valence-corrected chi connectivity index (χ3v) is 2.90. The van der Waals surface area contributed by atoms with Gasteiger partial charge in [0, 0.05) is 31.1 Å². The fraction of sp³-hybridized carbons (Fsp3) is 0.533. The van der Waals surface area contributed by atoms with Crippen molar-refractivity contribution in [2.24, 2.45) is 0 Å². The molecule has 0 saturated heterocycles. The third-order valence-electron chi connectivity index (χ3n) is 2.90. The molecule has 3 N–H and O–H groups in total. The van der Waals surface area contributed by atoms with Gasteiger partial charge in [-0.2, -0.15) is 0 Å². The Labute approximate surface area is 120 Å². The van der Waals surface area contributed by atoms with Crippen LogP contribution in [0, 0.1) is 0 Å². The second-order valence-electron chi connectivity index (χ2n) is 4.54. The molecule has 0 bridgehead atoms. The molecular weight excluding hydrogens is 256 g/mol. The Morgan fingerprint density at radius 1 is 1.30 bits per heavy atom. The molecule has 20 heavy (non-hydrogen) atoms. The molecule has 0 unspecified atom stereocenters. The molecule has 0 spiro atoms. The number of methoxy groups -OCH3 is 1. The van der Waals surface area contributed by atoms with E-state index in [0.29, 0.717) is 11.3 Å². The molecule has 0 fully saturated rings. The van der Waals surface area contributed by atoms with Crippen LogP contribution in [-0.4, -0.2) is 32.8 Å². The SMILES string of the molecule is CCCCOCCCNc1ccc(N)c(C(=O)OC)c1. The van der Waals surface area contributed by atoms with E-state index < -0.39 is 5.97 Å². The van der Waals surface area contributed by atoms with E-state index in [2.05, 4.69) is 17.0 Å². The number of nitrogens with one attached hydrogen (secondary N) is 1. The first-order valence-corrected chi connectivity index (χ1v) is 6.98. The number of esters is 1. The molecule has 0 aliphatic carbocycles. The number of rotatable bonds is 9. The number of unbranched alkanes of at least 4 members (excludes halogenated alkanes) is 1. The highest BCUT2D eigenvalue weighted by molar-refractivity contribution is 5.96. The molecule has 0 heterocycles. The lowest BCUT2D eigenvalue weighted by Gasteiger charge is -2.10. The van der Waals surface area contributed by atoms with Crippen LogP contribution in [0.4, 0.5) is 11.4 Å². The average Bonchev–Trinajstić information content (AvgIpc) is 2.47. The summed E-state index contributed by atoms with van der Waals surface area (Å²) in [6.07, 6.45) is 3.18. The summed E-state index contributed by atoms with van der Waals surface area (Å²) in [4.78, 5) is 11.5. The Kier molecular flexibility index (Phi) is 7.50. The first-order chi connectivity index (χ1) is 9.69. The maximum Gasteiger partial charge on any atom is 0.340 e. The Bertz CT molecular complexity index is 422. The summed E-state index contributed by atoms with van der Waals surface area (Å²) in [7, 11) is 1.34. The number of hydrogen-bond donors (Lipinski definition) is 2. The molecule has 0 radical (unpaired) electrons. The van der Waals surface area contributed by atoms with Crippen molar-refractivity contribution in [3.63, 3.8) is 0 Å². The summed E-state index contributed by atoms with van der Waals surface area (Å²) in [5.41, 5.74) is 7.40. The molecule has 0 atom stereocenters. The summed E-state index contributed by atoms with van der Waals surface area (Å²) >= 11 is 0. The smallest absolute Gasteiger partial charge is 0.340 e. The molecule has 0 aromatic heterocycles. The quantitative estimate of drug-likeness (QED) is 0.413. The van der Waals surface area contributed by atoms with E-state index >= 15 is 0 Å². The van der Waals surface area contributed by atoms with E-state index in [-0.39, 0.29) is 0 Å². The molecule has 1 aromatic rings. The minimum absolute atomic E-state index is 0.386. The summed E-state index contributed by atoms with van der Waals surface area (Å²) in [5, 5.41) is 3.24. The van der Waals surface area contributed by atoms with E-state index in [4.69, 9.17) is 10.5 Å². The first-order valence-electron chi connectivity index (χ1n) is 6.98. The van der Waals surface area contributed by atoms with Crippen LogP contribution < -0.4 is 11.1 Å². The largest absolute Gasteiger partial charge is 0.465 e. The number of ether oxygens (including phenoxy) is 2. The molecular formula is C15H24N2O3. The first kappa shape index (κ1) is 16.3. The van der Waals surface area contributed by atoms with Crippen molar-refractivity contribution in [3.05, 3.63) is 23.8 Å². The van der Waals surface area contributed by atoms with E-state index in [0.717, 1.165) is 44.7 Å². The second-order valence-corrected chi connectivity index (χ2v) is 4.54. The zero-order chi connectivity index (χ0) is 14.8. The van der Waals surface area contributed by atoms with Gasteiger partial charge >= 0.3 is 5.97 Å². The maximum absolute atomic E-state index is 11.5. The van der Waals surface area contributed by atoms with Crippen LogP contribution in [0.5, 0.6) is 0 Å². The van der Waals surface area contributed by atoms with Crippen molar-refractivity contribution in [2.75, 3.05) is 37.9 Å². The van der Waals surface area contributed by atoms with Crippen LogP contribution in [0.3, 0.4) is 0 Å². The lowest BCUT2D eigenvalue weighted by Crippen LogP contribution is -2.09. The van der Waals surface area contributed by atoms with Gasteiger partial charge in [-0.3, -0.25) is 0 Å². The van der Waals surface area contributed by atoms with Gasteiger partial charge in [-0.15, -0.1) is 0 Å². The van der Waals surface area contributed by atoms with E-state index in [1.165, 1.54) is 7.11 Å². The van der Waals surface area contributed by atoms with Gasteiger partial charge < -0.3 is 20.5 Å². The van der Waals surface area contributed by atoms with E-state index in [9.17, 15) is 4.79 Å². The van der Waals surface area contributed by atoms with Crippen molar-refractivity contribution in [3.8, 4) is 0 Å². The number of benzene rings is 1. The fourth-order valence-corrected chi connectivity index (χ4v) is 1.71. The molecule has 5 nitrogen and oxygen atoms in total. The van der Waals surface area contributed by atoms with Gasteiger partial charge in [0.05, 0.1) is 12.7 Å². The van der Waals surface area contributed by atoms with Gasteiger partial charge in [0.15, 0.2) is 0 Å². The Morgan fingerprint density at radius 3 is 2.75 bits per heavy atom. The Morgan fingerprint density at radius 2 is 2.05 bits per heavy atom. The molecule has 0 saturated carbocycles. The van der Waals surface area contributed by atoms with Crippen LogP contribution in [0.25, 0.3) is 0 Å². The van der Waals surface area contributed by atoms with Gasteiger partial charge in [0.2, 0.25) is 0 Å². The summed E-state index contributed by atoms with van der Waals surface area (Å²) in [6.45, 7) is 4.50. The van der Waals surface area contributed by atoms with Gasteiger partial charge in [0.25, 0.3) is 0 Å². The zero-order valence-electron chi connectivity index (χ0n) is 12.3. The van der Waals surface area contributed by atoms with Crippen LogP contribution in [0.1, 0.15) is 36.5 Å². The van der Waals surface area contributed by atoms with Crippen molar-refractivity contribution < 1.29 is 14.3 Å². The Hall–Kier alpha value is -1.75. The summed E-state index contributed by atoms with van der Waals surface area (Å²) in [5.74, 6) is -0.422. The number of nitrogen functional groups attached to an aromatic ring is 1. The predicted octanol–water partition coefficient (Wildman–Crippen LogP) is 2.67. The topological polar surface area (TPSA) is 73.6 Å². The lowest BCUT2D eigenvalue weighted by atomic mass is 10.1. The van der Waals surface area contributed by atoms with Gasteiger partial charge in [-0.25, -0.2) is 4.79 Å². The second kappa shape index (κ2) is 9.20. The van der Waals surface area contributed by atoms with Crippen molar-refractivity contribution in [1.82, 2.24) is 0 Å². The monoisotopic (exact) mass is 280 g/mol. The van der Waals surface area contributed by atoms with Gasteiger partial charge in [-0.1, -0.05) is 13.3 Å². The highest BCUT2D eigenvalue weighted by Gasteiger charge is 2.10. The number of carbonyl (C=O) groups is 1. The van der Waals surface area contributed by atoms with Gasteiger partial charge in [-0.05, 0) is 31.0 Å². The maximum atomic E-state index is 11.5. The van der Waals surface area contributed by atoms with Gasteiger partial charge in [0.1, 0.15) is 0 Å². The van der Waals surface area contributed by atoms with Crippen LogP contribution in [0.15, 0.2) is 18.2 Å². The molecule has 0 aliphatic rings. The molecule has 1 aromatic carbocycles. The Balaban J connectivity index is 2.35. The van der Waals surface area contributed by atoms with Crippen molar-refractivity contribution in [1.29, 1.82) is 0 Å². The molecule has 0 amide bonds. The van der Waals surface area contributed by atoms with Crippen LogP contribution in [-0.2, 0) is 9.47 Å². The lowest BCUT2D eigenvalue weighted by molar-refractivity contribution is 0.0602. The van der Waals surface area contributed by atoms with E-state index in [1.807, 2.05) is 6.07 Å². The molecule has 1 rings (SSSR count).